The number of amides is 1. The van der Waals surface area contributed by atoms with Crippen molar-refractivity contribution in [3.8, 4) is 0 Å². The van der Waals surface area contributed by atoms with E-state index in [1.165, 1.54) is 0 Å². The Hall–Kier alpha value is -1.19. The second-order valence-electron chi connectivity index (χ2n) is 2.69. The van der Waals surface area contributed by atoms with E-state index in [0.717, 1.165) is 0 Å². The predicted molar refractivity (Wildman–Crippen MR) is 51.5 cm³/mol. The summed E-state index contributed by atoms with van der Waals surface area (Å²) in [6, 6.07) is 4.80. The minimum atomic E-state index is -0.857. The van der Waals surface area contributed by atoms with Crippen LogP contribution in [-0.2, 0) is 9.59 Å². The summed E-state index contributed by atoms with van der Waals surface area (Å²) >= 11 is 11.5. The molecule has 0 unspecified atom stereocenters. The molecule has 3 nitrogen and oxygen atoms in total. The number of rotatable bonds is 0. The van der Waals surface area contributed by atoms with Crippen LogP contribution in [0.4, 0.5) is 0 Å². The van der Waals surface area contributed by atoms with Gasteiger partial charge >= 0.3 is 5.91 Å². The zero-order chi connectivity index (χ0) is 10.3. The number of hydrogen-bond acceptors (Lipinski definition) is 2. The van der Waals surface area contributed by atoms with Crippen LogP contribution >= 0.6 is 23.2 Å². The number of ketones is 1. The van der Waals surface area contributed by atoms with Gasteiger partial charge in [-0.25, -0.2) is 4.99 Å². The van der Waals surface area contributed by atoms with Crippen LogP contribution in [0.2, 0.25) is 5.02 Å². The van der Waals surface area contributed by atoms with E-state index in [0.29, 0.717) is 15.6 Å². The molecule has 70 valence electrons. The summed E-state index contributed by atoms with van der Waals surface area (Å²) in [7, 11) is 0. The molecule has 0 aliphatic carbocycles. The standard InChI is InChI=1S/C9H3Cl2NO2/c10-4-2-1-3-5-6(4)7(11)8(13)9(14)12-5/h1-3H. The van der Waals surface area contributed by atoms with Crippen LogP contribution in [0.5, 0.6) is 0 Å². The van der Waals surface area contributed by atoms with E-state index >= 15 is 0 Å². The molecule has 1 aliphatic rings. The molecular weight excluding hydrogens is 225 g/mol. The molecule has 0 N–H and O–H groups in total. The first kappa shape index (κ1) is 9.37. The Labute approximate surface area is 88.7 Å². The number of halogens is 2. The lowest BCUT2D eigenvalue weighted by atomic mass is 10.2. The van der Waals surface area contributed by atoms with Crippen LogP contribution in [0.3, 0.4) is 0 Å². The highest BCUT2D eigenvalue weighted by Crippen LogP contribution is 2.08. The van der Waals surface area contributed by atoms with Crippen LogP contribution in [0.25, 0.3) is 5.03 Å². The largest absolute Gasteiger partial charge is 0.319 e. The average Bonchev–Trinajstić information content (AvgIpc) is 2.14. The molecule has 1 aromatic rings. The molecule has 14 heavy (non-hydrogen) atoms. The fourth-order valence-corrected chi connectivity index (χ4v) is 1.78. The van der Waals surface area contributed by atoms with E-state index < -0.39 is 11.7 Å². The number of carbonyl (C=O) groups is 2. The Morgan fingerprint density at radius 1 is 1.14 bits per heavy atom. The van der Waals surface area contributed by atoms with Crippen LogP contribution < -0.4 is 10.6 Å². The first-order valence-corrected chi connectivity index (χ1v) is 4.48. The molecule has 0 saturated heterocycles. The van der Waals surface area contributed by atoms with Gasteiger partial charge in [0.15, 0.2) is 0 Å². The molecule has 2 rings (SSSR count). The van der Waals surface area contributed by atoms with Crippen molar-refractivity contribution in [2.24, 2.45) is 4.99 Å². The van der Waals surface area contributed by atoms with Crippen molar-refractivity contribution < 1.29 is 9.59 Å². The molecule has 0 radical (unpaired) electrons. The van der Waals surface area contributed by atoms with Gasteiger partial charge in [-0.15, -0.1) is 0 Å². The zero-order valence-corrected chi connectivity index (χ0v) is 8.26. The van der Waals surface area contributed by atoms with Gasteiger partial charge in [-0.2, -0.15) is 0 Å². The fraction of sp³-hybridized carbons (Fsp3) is 0. The maximum atomic E-state index is 11.2. The first-order valence-electron chi connectivity index (χ1n) is 3.73. The van der Waals surface area contributed by atoms with Gasteiger partial charge in [-0.1, -0.05) is 29.3 Å². The summed E-state index contributed by atoms with van der Waals surface area (Å²) in [5.74, 6) is -1.67. The summed E-state index contributed by atoms with van der Waals surface area (Å²) in [6.07, 6.45) is 0. The number of nitrogens with zero attached hydrogens (tertiary/aromatic N) is 1. The summed E-state index contributed by atoms with van der Waals surface area (Å²) in [5.41, 5.74) is 0. The number of benzene rings is 1. The molecule has 1 heterocycles. The van der Waals surface area contributed by atoms with Crippen LogP contribution in [0, 0.1) is 0 Å². The van der Waals surface area contributed by atoms with Crippen molar-refractivity contribution >= 4 is 39.9 Å². The Bertz CT molecular complexity index is 563. The molecule has 1 amide bonds. The van der Waals surface area contributed by atoms with E-state index in [-0.39, 0.29) is 5.03 Å². The van der Waals surface area contributed by atoms with Crippen molar-refractivity contribution in [3.63, 3.8) is 0 Å². The lowest BCUT2D eigenvalue weighted by Gasteiger charge is -2.02. The van der Waals surface area contributed by atoms with Crippen molar-refractivity contribution in [3.05, 3.63) is 33.8 Å². The molecule has 1 aromatic carbocycles. The van der Waals surface area contributed by atoms with Gasteiger partial charge < -0.3 is 0 Å². The minimum Gasteiger partial charge on any atom is -0.282 e. The highest BCUT2D eigenvalue weighted by molar-refractivity contribution is 6.72. The highest BCUT2D eigenvalue weighted by Gasteiger charge is 2.22. The van der Waals surface area contributed by atoms with Gasteiger partial charge in [0.1, 0.15) is 5.03 Å². The number of Topliss-reactive ketones (excluding diaryl/α,β-unsaturated/α-hetero) is 1. The van der Waals surface area contributed by atoms with E-state index in [4.69, 9.17) is 23.2 Å². The number of fused-ring (bicyclic) bond motifs is 1. The zero-order valence-electron chi connectivity index (χ0n) is 6.75. The second-order valence-corrected chi connectivity index (χ2v) is 3.48. The summed E-state index contributed by atoms with van der Waals surface area (Å²) in [5, 5.41) is 0.829. The summed E-state index contributed by atoms with van der Waals surface area (Å²) in [4.78, 5) is 25.7. The third kappa shape index (κ3) is 1.25. The lowest BCUT2D eigenvalue weighted by Crippen LogP contribution is -2.36. The first-order chi connectivity index (χ1) is 6.61. The van der Waals surface area contributed by atoms with E-state index in [9.17, 15) is 9.59 Å². The smallest absolute Gasteiger partial charge is 0.282 e. The van der Waals surface area contributed by atoms with E-state index in [2.05, 4.69) is 4.99 Å². The molecule has 5 heteroatoms. The Kier molecular flexibility index (Phi) is 2.13. The molecule has 0 fully saturated rings. The van der Waals surface area contributed by atoms with Gasteiger partial charge in [0.05, 0.1) is 10.4 Å². The van der Waals surface area contributed by atoms with E-state index in [1.54, 1.807) is 18.2 Å². The molecule has 0 bridgehead atoms. The van der Waals surface area contributed by atoms with Gasteiger partial charge in [0, 0.05) is 5.22 Å². The number of hydrogen-bond donors (Lipinski definition) is 0. The third-order valence-electron chi connectivity index (χ3n) is 1.83. The maximum absolute atomic E-state index is 11.2. The Balaban J connectivity index is 3.03. The highest BCUT2D eigenvalue weighted by atomic mass is 35.5. The molecular formula is C9H3Cl2NO2. The molecule has 1 aliphatic heterocycles. The molecule has 0 aromatic heterocycles. The fourth-order valence-electron chi connectivity index (χ4n) is 1.19. The normalized spacial score (nSPS) is 15.1. The molecule has 0 atom stereocenters. The topological polar surface area (TPSA) is 46.5 Å². The second kappa shape index (κ2) is 3.19. The van der Waals surface area contributed by atoms with Gasteiger partial charge in [-0.05, 0) is 12.1 Å². The van der Waals surface area contributed by atoms with Gasteiger partial charge in [-0.3, -0.25) is 9.59 Å². The summed E-state index contributed by atoms with van der Waals surface area (Å²) in [6.45, 7) is 0. The molecule has 0 saturated carbocycles. The monoisotopic (exact) mass is 227 g/mol. The quantitative estimate of drug-likeness (QED) is 0.604. The van der Waals surface area contributed by atoms with Crippen molar-refractivity contribution in [2.45, 2.75) is 0 Å². The van der Waals surface area contributed by atoms with E-state index in [1.807, 2.05) is 0 Å². The van der Waals surface area contributed by atoms with Crippen molar-refractivity contribution in [1.82, 2.24) is 0 Å². The number of carbonyl (C=O) groups excluding carboxylic acids is 2. The van der Waals surface area contributed by atoms with Crippen LogP contribution in [-0.4, -0.2) is 11.7 Å². The molecule has 0 spiro atoms. The summed E-state index contributed by atoms with van der Waals surface area (Å²) < 4.78 is 0. The minimum absolute atomic E-state index is 0.161. The maximum Gasteiger partial charge on any atom is 0.319 e. The van der Waals surface area contributed by atoms with Crippen LogP contribution in [0.1, 0.15) is 0 Å². The van der Waals surface area contributed by atoms with Crippen LogP contribution in [0.15, 0.2) is 23.2 Å². The SMILES string of the molecule is O=C1N=c2cccc(Cl)c2=C(Cl)C1=O. The van der Waals surface area contributed by atoms with Crippen molar-refractivity contribution in [1.29, 1.82) is 0 Å². The Morgan fingerprint density at radius 2 is 1.86 bits per heavy atom. The Morgan fingerprint density at radius 3 is 2.57 bits per heavy atom. The lowest BCUT2D eigenvalue weighted by molar-refractivity contribution is -0.132. The predicted octanol–water partition coefficient (Wildman–Crippen LogP) is 0.416. The van der Waals surface area contributed by atoms with Gasteiger partial charge in [0.25, 0.3) is 5.78 Å². The third-order valence-corrected chi connectivity index (χ3v) is 2.50. The average molecular weight is 228 g/mol. The van der Waals surface area contributed by atoms with Crippen molar-refractivity contribution in [2.75, 3.05) is 0 Å². The van der Waals surface area contributed by atoms with Gasteiger partial charge in [0.2, 0.25) is 0 Å².